The van der Waals surface area contributed by atoms with Crippen molar-refractivity contribution in [2.75, 3.05) is 24.3 Å². The summed E-state index contributed by atoms with van der Waals surface area (Å²) >= 11 is 0. The van der Waals surface area contributed by atoms with Crippen molar-refractivity contribution >= 4 is 17.3 Å². The van der Waals surface area contributed by atoms with E-state index in [4.69, 9.17) is 4.74 Å². The number of para-hydroxylation sites is 2. The maximum absolute atomic E-state index is 12.5. The number of amides is 1. The predicted molar refractivity (Wildman–Crippen MR) is 86.3 cm³/mol. The number of carbonyl (C=O) groups excluding carboxylic acids is 1. The van der Waals surface area contributed by atoms with Crippen LogP contribution >= 0.6 is 0 Å². The molecule has 4 heteroatoms. The highest BCUT2D eigenvalue weighted by Crippen LogP contribution is 2.25. The van der Waals surface area contributed by atoms with Crippen molar-refractivity contribution in [2.24, 2.45) is 0 Å². The summed E-state index contributed by atoms with van der Waals surface area (Å²) in [7, 11) is 1.81. The standard InChI is InChI=1S/C17H20N2O2/c1-4-21-16-8-6-5-7-14(16)19-17(20)13-10-9-12(2)11-15(13)18-3/h5-11,18H,4H2,1-3H3,(H,19,20). The molecule has 0 aliphatic carbocycles. The van der Waals surface area contributed by atoms with E-state index >= 15 is 0 Å². The fraction of sp³-hybridized carbons (Fsp3) is 0.235. The van der Waals surface area contributed by atoms with Crippen molar-refractivity contribution in [3.05, 3.63) is 53.6 Å². The maximum atomic E-state index is 12.5. The number of aryl methyl sites for hydroxylation is 1. The average molecular weight is 284 g/mol. The molecule has 0 radical (unpaired) electrons. The molecular weight excluding hydrogens is 264 g/mol. The Morgan fingerprint density at radius 2 is 1.90 bits per heavy atom. The Hall–Kier alpha value is -2.49. The van der Waals surface area contributed by atoms with Crippen molar-refractivity contribution < 1.29 is 9.53 Å². The largest absolute Gasteiger partial charge is 0.492 e. The summed E-state index contributed by atoms with van der Waals surface area (Å²) in [5.41, 5.74) is 3.19. The van der Waals surface area contributed by atoms with Gasteiger partial charge in [0.25, 0.3) is 5.91 Å². The third kappa shape index (κ3) is 3.54. The van der Waals surface area contributed by atoms with Crippen molar-refractivity contribution in [2.45, 2.75) is 13.8 Å². The average Bonchev–Trinajstić information content (AvgIpc) is 2.49. The SMILES string of the molecule is CCOc1ccccc1NC(=O)c1ccc(C)cc1NC. The molecule has 0 fully saturated rings. The Bertz CT molecular complexity index is 638. The van der Waals surface area contributed by atoms with Gasteiger partial charge in [-0.1, -0.05) is 18.2 Å². The van der Waals surface area contributed by atoms with Crippen LogP contribution < -0.4 is 15.4 Å². The molecule has 0 saturated carbocycles. The van der Waals surface area contributed by atoms with Gasteiger partial charge in [-0.05, 0) is 43.7 Å². The van der Waals surface area contributed by atoms with Crippen LogP contribution in [0.15, 0.2) is 42.5 Å². The van der Waals surface area contributed by atoms with E-state index < -0.39 is 0 Å². The molecule has 110 valence electrons. The molecule has 0 aromatic heterocycles. The molecule has 0 aliphatic rings. The van der Waals surface area contributed by atoms with Crippen molar-refractivity contribution in [3.63, 3.8) is 0 Å². The number of rotatable bonds is 5. The highest BCUT2D eigenvalue weighted by molar-refractivity contribution is 6.08. The van der Waals surface area contributed by atoms with Gasteiger partial charge in [0.1, 0.15) is 5.75 Å². The Morgan fingerprint density at radius 1 is 1.14 bits per heavy atom. The number of hydrogen-bond acceptors (Lipinski definition) is 3. The zero-order chi connectivity index (χ0) is 15.2. The lowest BCUT2D eigenvalue weighted by Gasteiger charge is -2.13. The number of nitrogens with one attached hydrogen (secondary N) is 2. The molecule has 0 spiro atoms. The van der Waals surface area contributed by atoms with Gasteiger partial charge >= 0.3 is 0 Å². The Balaban J connectivity index is 2.26. The molecule has 2 rings (SSSR count). The first-order valence-electron chi connectivity index (χ1n) is 6.97. The molecule has 0 atom stereocenters. The summed E-state index contributed by atoms with van der Waals surface area (Å²) in [6.07, 6.45) is 0. The van der Waals surface area contributed by atoms with Crippen LogP contribution in [0, 0.1) is 6.92 Å². The Kier molecular flexibility index (Phi) is 4.82. The van der Waals surface area contributed by atoms with Crippen LogP contribution in [0.5, 0.6) is 5.75 Å². The van der Waals surface area contributed by atoms with E-state index in [1.54, 1.807) is 7.05 Å². The van der Waals surface area contributed by atoms with Crippen molar-refractivity contribution in [1.29, 1.82) is 0 Å². The highest BCUT2D eigenvalue weighted by atomic mass is 16.5. The molecule has 2 aromatic carbocycles. The van der Waals surface area contributed by atoms with Crippen LogP contribution in [0.25, 0.3) is 0 Å². The second-order valence-corrected chi connectivity index (χ2v) is 4.68. The van der Waals surface area contributed by atoms with Gasteiger partial charge in [0.15, 0.2) is 0 Å². The number of carbonyl (C=O) groups is 1. The van der Waals surface area contributed by atoms with Gasteiger partial charge < -0.3 is 15.4 Å². The lowest BCUT2D eigenvalue weighted by atomic mass is 10.1. The van der Waals surface area contributed by atoms with Crippen LogP contribution in [0.3, 0.4) is 0 Å². The zero-order valence-electron chi connectivity index (χ0n) is 12.6. The zero-order valence-corrected chi connectivity index (χ0v) is 12.6. The van der Waals surface area contributed by atoms with E-state index in [0.717, 1.165) is 11.3 Å². The quantitative estimate of drug-likeness (QED) is 0.880. The van der Waals surface area contributed by atoms with Gasteiger partial charge in [-0.25, -0.2) is 0 Å². The number of anilines is 2. The molecule has 1 amide bonds. The Morgan fingerprint density at radius 3 is 2.62 bits per heavy atom. The lowest BCUT2D eigenvalue weighted by Crippen LogP contribution is -2.15. The van der Waals surface area contributed by atoms with Gasteiger partial charge in [-0.2, -0.15) is 0 Å². The van der Waals surface area contributed by atoms with Crippen LogP contribution in [-0.4, -0.2) is 19.6 Å². The normalized spacial score (nSPS) is 10.0. The first-order chi connectivity index (χ1) is 10.2. The van der Waals surface area contributed by atoms with Crippen LogP contribution in [0.2, 0.25) is 0 Å². The van der Waals surface area contributed by atoms with E-state index in [1.165, 1.54) is 0 Å². The molecule has 21 heavy (non-hydrogen) atoms. The molecule has 0 saturated heterocycles. The summed E-state index contributed by atoms with van der Waals surface area (Å²) in [6, 6.07) is 13.1. The van der Waals surface area contributed by atoms with Crippen LogP contribution in [0.4, 0.5) is 11.4 Å². The summed E-state index contributed by atoms with van der Waals surface area (Å²) in [6.45, 7) is 4.46. The minimum Gasteiger partial charge on any atom is -0.492 e. The van der Waals surface area contributed by atoms with E-state index in [1.807, 2.05) is 56.3 Å². The smallest absolute Gasteiger partial charge is 0.257 e. The highest BCUT2D eigenvalue weighted by Gasteiger charge is 2.13. The topological polar surface area (TPSA) is 50.4 Å². The number of hydrogen-bond donors (Lipinski definition) is 2. The fourth-order valence-electron chi connectivity index (χ4n) is 2.10. The second-order valence-electron chi connectivity index (χ2n) is 4.68. The molecule has 0 heterocycles. The first-order valence-corrected chi connectivity index (χ1v) is 6.97. The van der Waals surface area contributed by atoms with E-state index in [2.05, 4.69) is 10.6 Å². The van der Waals surface area contributed by atoms with Gasteiger partial charge in [-0.15, -0.1) is 0 Å². The maximum Gasteiger partial charge on any atom is 0.257 e. The molecule has 0 aliphatic heterocycles. The van der Waals surface area contributed by atoms with Gasteiger partial charge in [0.2, 0.25) is 0 Å². The van der Waals surface area contributed by atoms with Gasteiger partial charge in [0, 0.05) is 12.7 Å². The minimum absolute atomic E-state index is 0.161. The minimum atomic E-state index is -0.161. The number of ether oxygens (including phenoxy) is 1. The lowest BCUT2D eigenvalue weighted by molar-refractivity contribution is 0.102. The summed E-state index contributed by atoms with van der Waals surface area (Å²) < 4.78 is 5.52. The van der Waals surface area contributed by atoms with Crippen LogP contribution in [0.1, 0.15) is 22.8 Å². The first kappa shape index (κ1) is 14.9. The molecule has 0 unspecified atom stereocenters. The van der Waals surface area contributed by atoms with E-state index in [0.29, 0.717) is 23.6 Å². The molecule has 4 nitrogen and oxygen atoms in total. The summed E-state index contributed by atoms with van der Waals surface area (Å²) in [5, 5.41) is 5.95. The fourth-order valence-corrected chi connectivity index (χ4v) is 2.10. The third-order valence-corrected chi connectivity index (χ3v) is 3.12. The summed E-state index contributed by atoms with van der Waals surface area (Å²) in [5.74, 6) is 0.512. The van der Waals surface area contributed by atoms with Gasteiger partial charge in [-0.3, -0.25) is 4.79 Å². The number of benzene rings is 2. The molecule has 2 N–H and O–H groups in total. The van der Waals surface area contributed by atoms with E-state index in [-0.39, 0.29) is 5.91 Å². The molecule has 2 aromatic rings. The van der Waals surface area contributed by atoms with Crippen LogP contribution in [-0.2, 0) is 0 Å². The second kappa shape index (κ2) is 6.79. The molecule has 0 bridgehead atoms. The third-order valence-electron chi connectivity index (χ3n) is 3.12. The van der Waals surface area contributed by atoms with Gasteiger partial charge in [0.05, 0.1) is 17.9 Å². The summed E-state index contributed by atoms with van der Waals surface area (Å²) in [4.78, 5) is 12.5. The Labute approximate surface area is 125 Å². The van der Waals surface area contributed by atoms with Crippen molar-refractivity contribution in [1.82, 2.24) is 0 Å². The monoisotopic (exact) mass is 284 g/mol. The molecular formula is C17H20N2O2. The predicted octanol–water partition coefficient (Wildman–Crippen LogP) is 3.69. The van der Waals surface area contributed by atoms with E-state index in [9.17, 15) is 4.79 Å². The van der Waals surface area contributed by atoms with Crippen molar-refractivity contribution in [3.8, 4) is 5.75 Å².